The first-order chi connectivity index (χ1) is 14.0. The van der Waals surface area contributed by atoms with Gasteiger partial charge in [-0.1, -0.05) is 79.2 Å². The summed E-state index contributed by atoms with van der Waals surface area (Å²) in [6.07, 6.45) is 0.0430. The molecule has 29 heavy (non-hydrogen) atoms. The number of amides is 1. The zero-order valence-corrected chi connectivity index (χ0v) is 17.6. The van der Waals surface area contributed by atoms with Gasteiger partial charge in [0.15, 0.2) is 6.10 Å². The highest BCUT2D eigenvalue weighted by Gasteiger charge is 2.24. The predicted molar refractivity (Wildman–Crippen MR) is 118 cm³/mol. The van der Waals surface area contributed by atoms with Gasteiger partial charge in [-0.25, -0.2) is 0 Å². The summed E-state index contributed by atoms with van der Waals surface area (Å²) in [5.41, 5.74) is 5.51. The van der Waals surface area contributed by atoms with E-state index < -0.39 is 6.10 Å². The van der Waals surface area contributed by atoms with E-state index in [9.17, 15) is 4.79 Å². The molecular formula is C26H29NO2. The highest BCUT2D eigenvalue weighted by molar-refractivity contribution is 5.82. The van der Waals surface area contributed by atoms with Crippen molar-refractivity contribution in [3.63, 3.8) is 0 Å². The molecule has 0 spiro atoms. The van der Waals surface area contributed by atoms with Crippen LogP contribution in [0.4, 0.5) is 0 Å². The van der Waals surface area contributed by atoms with Crippen LogP contribution in [0.25, 0.3) is 0 Å². The second kappa shape index (κ2) is 9.42. The molecule has 0 saturated carbocycles. The number of hydrogen-bond donors (Lipinski definition) is 1. The van der Waals surface area contributed by atoms with Gasteiger partial charge in [0.1, 0.15) is 5.75 Å². The van der Waals surface area contributed by atoms with Gasteiger partial charge in [-0.05, 0) is 55.5 Å². The number of carbonyl (C=O) groups is 1. The number of nitrogens with one attached hydrogen (secondary N) is 1. The third kappa shape index (κ3) is 5.05. The maximum atomic E-state index is 13.2. The van der Waals surface area contributed by atoms with Gasteiger partial charge in [0.2, 0.25) is 0 Å². The Bertz CT molecular complexity index is 948. The lowest BCUT2D eigenvalue weighted by Crippen LogP contribution is -2.40. The van der Waals surface area contributed by atoms with Crippen LogP contribution in [-0.4, -0.2) is 12.0 Å². The second-order valence-corrected chi connectivity index (χ2v) is 7.48. The van der Waals surface area contributed by atoms with Crippen molar-refractivity contribution in [1.82, 2.24) is 5.32 Å². The average molecular weight is 388 g/mol. The summed E-state index contributed by atoms with van der Waals surface area (Å²) in [5, 5.41) is 3.21. The van der Waals surface area contributed by atoms with Gasteiger partial charge in [0.05, 0.1) is 6.04 Å². The van der Waals surface area contributed by atoms with E-state index in [1.165, 1.54) is 5.56 Å². The number of ether oxygens (including phenoxy) is 1. The first-order valence-corrected chi connectivity index (χ1v) is 10.1. The Morgan fingerprint density at radius 2 is 1.52 bits per heavy atom. The maximum Gasteiger partial charge on any atom is 0.261 e. The maximum absolute atomic E-state index is 13.2. The van der Waals surface area contributed by atoms with Crippen LogP contribution in [-0.2, 0) is 4.79 Å². The van der Waals surface area contributed by atoms with Crippen LogP contribution in [0.1, 0.15) is 47.2 Å². The molecule has 2 atom stereocenters. The molecule has 3 aromatic rings. The van der Waals surface area contributed by atoms with Crippen LogP contribution in [0.2, 0.25) is 0 Å². The Labute approximate surface area is 173 Å². The van der Waals surface area contributed by atoms with Crippen molar-refractivity contribution in [2.45, 2.75) is 46.3 Å². The fraction of sp³-hybridized carbons (Fsp3) is 0.269. The van der Waals surface area contributed by atoms with Crippen molar-refractivity contribution in [2.24, 2.45) is 0 Å². The van der Waals surface area contributed by atoms with E-state index in [-0.39, 0.29) is 11.9 Å². The summed E-state index contributed by atoms with van der Waals surface area (Å²) in [5.74, 6) is 0.654. The van der Waals surface area contributed by atoms with Gasteiger partial charge in [-0.3, -0.25) is 4.79 Å². The fourth-order valence-corrected chi connectivity index (χ4v) is 3.33. The normalized spacial score (nSPS) is 12.8. The molecular weight excluding hydrogens is 358 g/mol. The molecule has 0 saturated heterocycles. The van der Waals surface area contributed by atoms with Gasteiger partial charge in [0, 0.05) is 0 Å². The summed E-state index contributed by atoms with van der Waals surface area (Å²) >= 11 is 0. The molecule has 0 fully saturated rings. The lowest BCUT2D eigenvalue weighted by atomic mass is 9.97. The van der Waals surface area contributed by atoms with E-state index in [0.29, 0.717) is 6.42 Å². The molecule has 0 aliphatic rings. The highest BCUT2D eigenvalue weighted by atomic mass is 16.5. The standard InChI is InChI=1S/C26H29NO2/c1-5-23(29-24-13-9-10-19(3)20(24)4)26(28)27-25(21-11-7-6-8-12-21)22-16-14-18(2)15-17-22/h6-17,23,25H,5H2,1-4H3,(H,27,28)/t23-,25-/m1/s1. The lowest BCUT2D eigenvalue weighted by molar-refractivity contribution is -0.128. The van der Waals surface area contributed by atoms with Gasteiger partial charge < -0.3 is 10.1 Å². The van der Waals surface area contributed by atoms with E-state index in [0.717, 1.165) is 28.0 Å². The molecule has 0 bridgehead atoms. The summed E-state index contributed by atoms with van der Waals surface area (Å²) in [7, 11) is 0. The summed E-state index contributed by atoms with van der Waals surface area (Å²) < 4.78 is 6.12. The van der Waals surface area contributed by atoms with Crippen molar-refractivity contribution < 1.29 is 9.53 Å². The van der Waals surface area contributed by atoms with Crippen molar-refractivity contribution in [3.05, 3.63) is 101 Å². The van der Waals surface area contributed by atoms with E-state index >= 15 is 0 Å². The molecule has 0 unspecified atom stereocenters. The Morgan fingerprint density at radius 1 is 0.862 bits per heavy atom. The van der Waals surface area contributed by atoms with E-state index in [4.69, 9.17) is 4.74 Å². The molecule has 0 radical (unpaired) electrons. The zero-order chi connectivity index (χ0) is 20.8. The third-order valence-electron chi connectivity index (χ3n) is 5.32. The Hall–Kier alpha value is -3.07. The Balaban J connectivity index is 1.84. The molecule has 1 amide bonds. The van der Waals surface area contributed by atoms with E-state index in [2.05, 4.69) is 36.5 Å². The summed E-state index contributed by atoms with van der Waals surface area (Å²) in [6.45, 7) is 8.10. The summed E-state index contributed by atoms with van der Waals surface area (Å²) in [6, 6.07) is 24.0. The Morgan fingerprint density at radius 3 is 2.17 bits per heavy atom. The van der Waals surface area contributed by atoms with Crippen LogP contribution in [0, 0.1) is 20.8 Å². The van der Waals surface area contributed by atoms with Crippen molar-refractivity contribution in [3.8, 4) is 5.75 Å². The Kier molecular flexibility index (Phi) is 6.71. The first kappa shape index (κ1) is 20.7. The molecule has 0 aliphatic carbocycles. The number of hydrogen-bond acceptors (Lipinski definition) is 2. The third-order valence-corrected chi connectivity index (χ3v) is 5.32. The van der Waals surface area contributed by atoms with Crippen LogP contribution >= 0.6 is 0 Å². The molecule has 3 rings (SSSR count). The summed E-state index contributed by atoms with van der Waals surface area (Å²) in [4.78, 5) is 13.2. The van der Waals surface area contributed by atoms with E-state index in [1.54, 1.807) is 0 Å². The van der Waals surface area contributed by atoms with Gasteiger partial charge in [0.25, 0.3) is 5.91 Å². The minimum Gasteiger partial charge on any atom is -0.480 e. The van der Waals surface area contributed by atoms with Crippen LogP contribution in [0.15, 0.2) is 72.8 Å². The topological polar surface area (TPSA) is 38.3 Å². The van der Waals surface area contributed by atoms with Crippen molar-refractivity contribution >= 4 is 5.91 Å². The van der Waals surface area contributed by atoms with Crippen LogP contribution in [0.5, 0.6) is 5.75 Å². The average Bonchev–Trinajstić information content (AvgIpc) is 2.74. The number of rotatable bonds is 7. The quantitative estimate of drug-likeness (QED) is 0.567. The fourth-order valence-electron chi connectivity index (χ4n) is 3.33. The lowest BCUT2D eigenvalue weighted by Gasteiger charge is -2.24. The van der Waals surface area contributed by atoms with Crippen molar-refractivity contribution in [2.75, 3.05) is 0 Å². The molecule has 1 N–H and O–H groups in total. The van der Waals surface area contributed by atoms with Crippen molar-refractivity contribution in [1.29, 1.82) is 0 Å². The van der Waals surface area contributed by atoms with Gasteiger partial charge in [-0.15, -0.1) is 0 Å². The van der Waals surface area contributed by atoms with Crippen LogP contribution in [0.3, 0.4) is 0 Å². The highest BCUT2D eigenvalue weighted by Crippen LogP contribution is 2.25. The molecule has 3 aromatic carbocycles. The zero-order valence-electron chi connectivity index (χ0n) is 17.6. The SMILES string of the molecule is CC[C@@H](Oc1cccc(C)c1C)C(=O)N[C@H](c1ccccc1)c1ccc(C)cc1. The number of aryl methyl sites for hydroxylation is 2. The van der Waals surface area contributed by atoms with Gasteiger partial charge in [-0.2, -0.15) is 0 Å². The predicted octanol–water partition coefficient (Wildman–Crippen LogP) is 5.68. The molecule has 3 heteroatoms. The largest absolute Gasteiger partial charge is 0.480 e. The minimum absolute atomic E-state index is 0.108. The molecule has 0 aliphatic heterocycles. The number of carbonyl (C=O) groups excluding carboxylic acids is 1. The second-order valence-electron chi connectivity index (χ2n) is 7.48. The smallest absolute Gasteiger partial charge is 0.261 e. The minimum atomic E-state index is -0.549. The molecule has 150 valence electrons. The van der Waals surface area contributed by atoms with E-state index in [1.807, 2.05) is 69.3 Å². The number of benzene rings is 3. The van der Waals surface area contributed by atoms with Gasteiger partial charge >= 0.3 is 0 Å². The molecule has 3 nitrogen and oxygen atoms in total. The monoisotopic (exact) mass is 387 g/mol. The molecule has 0 aromatic heterocycles. The van der Waals surface area contributed by atoms with Crippen LogP contribution < -0.4 is 10.1 Å². The molecule has 0 heterocycles. The first-order valence-electron chi connectivity index (χ1n) is 10.1.